The highest BCUT2D eigenvalue weighted by Gasteiger charge is 2.24. The van der Waals surface area contributed by atoms with Crippen molar-refractivity contribution in [3.05, 3.63) is 11.6 Å². The van der Waals surface area contributed by atoms with Crippen molar-refractivity contribution in [2.24, 2.45) is 11.8 Å². The minimum atomic E-state index is 0.242. The standard InChI is InChI=1S/C14H24OS/c1-4-5-10-16-14(15)12(3)13-8-6-11(2)7-9-13/h6,12-13H,4-5,7-10H2,1-3H3. The summed E-state index contributed by atoms with van der Waals surface area (Å²) in [5, 5.41) is 0.409. The maximum atomic E-state index is 11.9. The molecule has 2 heteroatoms. The Morgan fingerprint density at radius 1 is 1.62 bits per heavy atom. The van der Waals surface area contributed by atoms with Crippen molar-refractivity contribution < 1.29 is 4.79 Å². The molecular weight excluding hydrogens is 216 g/mol. The summed E-state index contributed by atoms with van der Waals surface area (Å²) >= 11 is 1.54. The predicted octanol–water partition coefficient (Wildman–Crippen LogP) is 4.43. The molecule has 2 unspecified atom stereocenters. The minimum absolute atomic E-state index is 0.242. The fraction of sp³-hybridized carbons (Fsp3) is 0.786. The number of carbonyl (C=O) groups excluding carboxylic acids is 1. The SMILES string of the molecule is CCCCSC(=O)C(C)C1CC=C(C)CC1. The first kappa shape index (κ1) is 13.8. The molecule has 0 aromatic heterocycles. The molecule has 0 aliphatic heterocycles. The highest BCUT2D eigenvalue weighted by molar-refractivity contribution is 8.13. The van der Waals surface area contributed by atoms with Gasteiger partial charge < -0.3 is 0 Å². The van der Waals surface area contributed by atoms with Gasteiger partial charge in [-0.05, 0) is 38.5 Å². The Kier molecular flexibility index (Phi) is 6.18. The average Bonchev–Trinajstić information content (AvgIpc) is 2.29. The maximum absolute atomic E-state index is 11.9. The Morgan fingerprint density at radius 2 is 2.38 bits per heavy atom. The van der Waals surface area contributed by atoms with Gasteiger partial charge in [0.05, 0.1) is 0 Å². The third-order valence-corrected chi connectivity index (χ3v) is 4.65. The van der Waals surface area contributed by atoms with Gasteiger partial charge >= 0.3 is 0 Å². The molecule has 0 radical (unpaired) electrons. The number of rotatable bonds is 5. The van der Waals surface area contributed by atoms with Crippen LogP contribution in [0.15, 0.2) is 11.6 Å². The fourth-order valence-corrected chi connectivity index (χ4v) is 3.17. The molecule has 0 heterocycles. The summed E-state index contributed by atoms with van der Waals surface area (Å²) in [4.78, 5) is 11.9. The molecule has 0 saturated carbocycles. The Bertz CT molecular complexity index is 257. The van der Waals surface area contributed by atoms with E-state index in [4.69, 9.17) is 0 Å². The summed E-state index contributed by atoms with van der Waals surface area (Å²) in [5.74, 6) is 1.83. The van der Waals surface area contributed by atoms with Crippen molar-refractivity contribution in [2.75, 3.05) is 5.75 Å². The van der Waals surface area contributed by atoms with E-state index >= 15 is 0 Å². The first-order chi connectivity index (χ1) is 7.65. The van der Waals surface area contributed by atoms with E-state index in [-0.39, 0.29) is 5.92 Å². The summed E-state index contributed by atoms with van der Waals surface area (Å²) in [5.41, 5.74) is 1.49. The van der Waals surface area contributed by atoms with Crippen molar-refractivity contribution in [1.29, 1.82) is 0 Å². The summed E-state index contributed by atoms with van der Waals surface area (Å²) in [6.07, 6.45) is 8.14. The molecule has 1 rings (SSSR count). The molecule has 0 aromatic carbocycles. The van der Waals surface area contributed by atoms with E-state index in [0.717, 1.165) is 18.6 Å². The second kappa shape index (κ2) is 7.16. The van der Waals surface area contributed by atoms with Gasteiger partial charge in [-0.3, -0.25) is 4.79 Å². The molecule has 0 N–H and O–H groups in total. The van der Waals surface area contributed by atoms with Crippen molar-refractivity contribution in [2.45, 2.75) is 52.9 Å². The van der Waals surface area contributed by atoms with Gasteiger partial charge in [-0.2, -0.15) is 0 Å². The minimum Gasteiger partial charge on any atom is -0.287 e. The second-order valence-electron chi connectivity index (χ2n) is 4.89. The van der Waals surface area contributed by atoms with Crippen LogP contribution in [0.5, 0.6) is 0 Å². The lowest BCUT2D eigenvalue weighted by molar-refractivity contribution is -0.115. The molecule has 92 valence electrons. The van der Waals surface area contributed by atoms with E-state index < -0.39 is 0 Å². The maximum Gasteiger partial charge on any atom is 0.192 e. The van der Waals surface area contributed by atoms with Gasteiger partial charge in [0.15, 0.2) is 5.12 Å². The van der Waals surface area contributed by atoms with Gasteiger partial charge in [0, 0.05) is 11.7 Å². The topological polar surface area (TPSA) is 17.1 Å². The zero-order chi connectivity index (χ0) is 12.0. The number of hydrogen-bond donors (Lipinski definition) is 0. The lowest BCUT2D eigenvalue weighted by Crippen LogP contribution is -2.20. The van der Waals surface area contributed by atoms with Crippen LogP contribution in [-0.2, 0) is 4.79 Å². The van der Waals surface area contributed by atoms with E-state index in [2.05, 4.69) is 26.8 Å². The van der Waals surface area contributed by atoms with Crippen molar-refractivity contribution in [1.82, 2.24) is 0 Å². The average molecular weight is 240 g/mol. The van der Waals surface area contributed by atoms with Gasteiger partial charge in [-0.25, -0.2) is 0 Å². The lowest BCUT2D eigenvalue weighted by Gasteiger charge is -2.25. The van der Waals surface area contributed by atoms with E-state index in [9.17, 15) is 4.79 Å². The Hall–Kier alpha value is -0.240. The molecule has 0 fully saturated rings. The largest absolute Gasteiger partial charge is 0.287 e. The van der Waals surface area contributed by atoms with E-state index in [1.807, 2.05) is 0 Å². The third kappa shape index (κ3) is 4.32. The van der Waals surface area contributed by atoms with Crippen LogP contribution in [0, 0.1) is 11.8 Å². The van der Waals surface area contributed by atoms with Crippen molar-refractivity contribution >= 4 is 16.9 Å². The summed E-state index contributed by atoms with van der Waals surface area (Å²) < 4.78 is 0. The van der Waals surface area contributed by atoms with Crippen LogP contribution in [0.2, 0.25) is 0 Å². The summed E-state index contributed by atoms with van der Waals surface area (Å²) in [6, 6.07) is 0. The quantitative estimate of drug-likeness (QED) is 0.522. The molecule has 0 spiro atoms. The molecule has 0 aromatic rings. The second-order valence-corrected chi connectivity index (χ2v) is 5.99. The van der Waals surface area contributed by atoms with E-state index in [1.54, 1.807) is 11.8 Å². The Labute approximate surface area is 104 Å². The van der Waals surface area contributed by atoms with Crippen molar-refractivity contribution in [3.63, 3.8) is 0 Å². The van der Waals surface area contributed by atoms with E-state index in [0.29, 0.717) is 11.0 Å². The zero-order valence-corrected chi connectivity index (χ0v) is 11.6. The lowest BCUT2D eigenvalue weighted by atomic mass is 9.82. The van der Waals surface area contributed by atoms with Crippen LogP contribution in [0.4, 0.5) is 0 Å². The third-order valence-electron chi connectivity index (χ3n) is 3.50. The van der Waals surface area contributed by atoms with Crippen LogP contribution >= 0.6 is 11.8 Å². The summed E-state index contributed by atoms with van der Waals surface area (Å²) in [6.45, 7) is 6.47. The van der Waals surface area contributed by atoms with Gasteiger partial charge in [0.2, 0.25) is 0 Å². The highest BCUT2D eigenvalue weighted by atomic mass is 32.2. The van der Waals surface area contributed by atoms with Crippen LogP contribution in [0.3, 0.4) is 0 Å². The normalized spacial score (nSPS) is 22.7. The van der Waals surface area contributed by atoms with Crippen molar-refractivity contribution in [3.8, 4) is 0 Å². The zero-order valence-electron chi connectivity index (χ0n) is 10.8. The molecular formula is C14H24OS. The number of thioether (sulfide) groups is 1. The molecule has 0 saturated heterocycles. The summed E-state index contributed by atoms with van der Waals surface area (Å²) in [7, 11) is 0. The molecule has 2 atom stereocenters. The van der Waals surface area contributed by atoms with Crippen LogP contribution in [-0.4, -0.2) is 10.9 Å². The first-order valence-corrected chi connectivity index (χ1v) is 7.46. The fourth-order valence-electron chi connectivity index (χ4n) is 2.08. The monoisotopic (exact) mass is 240 g/mol. The number of hydrogen-bond acceptors (Lipinski definition) is 2. The molecule has 1 aliphatic rings. The molecule has 1 aliphatic carbocycles. The number of allylic oxidation sites excluding steroid dienone is 2. The Balaban J connectivity index is 2.33. The molecule has 16 heavy (non-hydrogen) atoms. The number of carbonyl (C=O) groups is 1. The van der Waals surface area contributed by atoms with Crippen LogP contribution < -0.4 is 0 Å². The van der Waals surface area contributed by atoms with E-state index in [1.165, 1.54) is 24.8 Å². The molecule has 0 amide bonds. The van der Waals surface area contributed by atoms with Crippen LogP contribution in [0.25, 0.3) is 0 Å². The van der Waals surface area contributed by atoms with Crippen LogP contribution in [0.1, 0.15) is 52.9 Å². The van der Waals surface area contributed by atoms with Gasteiger partial charge in [0.1, 0.15) is 0 Å². The highest BCUT2D eigenvalue weighted by Crippen LogP contribution is 2.31. The van der Waals surface area contributed by atoms with Gasteiger partial charge in [-0.15, -0.1) is 0 Å². The van der Waals surface area contributed by atoms with Gasteiger partial charge in [0.25, 0.3) is 0 Å². The first-order valence-electron chi connectivity index (χ1n) is 6.47. The molecule has 0 bridgehead atoms. The number of unbranched alkanes of at least 4 members (excludes halogenated alkanes) is 1. The Morgan fingerprint density at radius 3 is 2.94 bits per heavy atom. The van der Waals surface area contributed by atoms with Gasteiger partial charge in [-0.1, -0.05) is 43.7 Å². The predicted molar refractivity (Wildman–Crippen MR) is 72.6 cm³/mol. The molecule has 1 nitrogen and oxygen atoms in total. The smallest absolute Gasteiger partial charge is 0.192 e.